The van der Waals surface area contributed by atoms with Gasteiger partial charge in [-0.1, -0.05) is 20.8 Å². The number of carbonyl (C=O) groups excluding carboxylic acids is 1. The minimum atomic E-state index is -0.0435. The van der Waals surface area contributed by atoms with Gasteiger partial charge in [0.05, 0.1) is 7.11 Å². The summed E-state index contributed by atoms with van der Waals surface area (Å²) in [5.41, 5.74) is 6.78. The summed E-state index contributed by atoms with van der Waals surface area (Å²) in [5.74, 6) is 5.04. The first-order chi connectivity index (χ1) is 14.8. The molecule has 9 atom stereocenters. The predicted molar refractivity (Wildman–Crippen MR) is 126 cm³/mol. The summed E-state index contributed by atoms with van der Waals surface area (Å²) < 4.78 is 4.91. The van der Waals surface area contributed by atoms with E-state index in [9.17, 15) is 4.79 Å². The van der Waals surface area contributed by atoms with Crippen LogP contribution in [0.2, 0.25) is 0 Å². The Morgan fingerprint density at radius 2 is 1.81 bits per heavy atom. The number of esters is 1. The molecule has 4 fully saturated rings. The van der Waals surface area contributed by atoms with E-state index in [0.717, 1.165) is 49.1 Å². The van der Waals surface area contributed by atoms with Crippen molar-refractivity contribution >= 4 is 5.97 Å². The summed E-state index contributed by atoms with van der Waals surface area (Å²) in [7, 11) is 1.51. The maximum Gasteiger partial charge on any atom is 0.305 e. The lowest BCUT2D eigenvalue weighted by atomic mass is 9.44. The molecule has 4 aliphatic rings. The first-order valence-corrected chi connectivity index (χ1v) is 13.3. The molecule has 3 N–H and O–H groups in total. The highest BCUT2D eigenvalue weighted by Crippen LogP contribution is 2.68. The van der Waals surface area contributed by atoms with Gasteiger partial charge in [0.1, 0.15) is 0 Å². The Kier molecular flexibility index (Phi) is 7.09. The first kappa shape index (κ1) is 23.5. The monoisotopic (exact) mass is 432 g/mol. The van der Waals surface area contributed by atoms with Gasteiger partial charge in [-0.3, -0.25) is 4.79 Å². The van der Waals surface area contributed by atoms with Crippen LogP contribution in [0.25, 0.3) is 0 Å². The minimum Gasteiger partial charge on any atom is -0.469 e. The Labute approximate surface area is 190 Å². The fourth-order valence-electron chi connectivity index (χ4n) is 9.35. The van der Waals surface area contributed by atoms with E-state index in [2.05, 4.69) is 26.1 Å². The standard InChI is InChI=1S/C27H48N2O2/c1-18(5-10-25(30)31-4)22-8-9-23-21-7-6-19-17-20(29-16-15-28)11-13-26(19,2)24(21)12-14-27(22,23)3/h18-24,29H,5-17,28H2,1-4H3. The summed E-state index contributed by atoms with van der Waals surface area (Å²) in [6.45, 7) is 9.42. The number of nitrogens with one attached hydrogen (secondary N) is 1. The Hall–Kier alpha value is -0.610. The number of rotatable bonds is 7. The van der Waals surface area contributed by atoms with Crippen LogP contribution < -0.4 is 11.1 Å². The van der Waals surface area contributed by atoms with Crippen molar-refractivity contribution in [2.75, 3.05) is 20.2 Å². The van der Waals surface area contributed by atoms with E-state index >= 15 is 0 Å². The number of hydrogen-bond donors (Lipinski definition) is 2. The van der Waals surface area contributed by atoms with Crippen LogP contribution in [0.15, 0.2) is 0 Å². The lowest BCUT2D eigenvalue weighted by Crippen LogP contribution is -2.55. The van der Waals surface area contributed by atoms with E-state index in [1.165, 1.54) is 64.9 Å². The SMILES string of the molecule is COC(=O)CCC(C)C1CCC2C3CCC4CC(NCCN)CCC4(C)C3CCC12C. The van der Waals surface area contributed by atoms with Crippen molar-refractivity contribution in [3.05, 3.63) is 0 Å². The van der Waals surface area contributed by atoms with Gasteiger partial charge < -0.3 is 15.8 Å². The molecule has 0 spiro atoms. The number of carbonyl (C=O) groups is 1. The summed E-state index contributed by atoms with van der Waals surface area (Å²) in [6, 6.07) is 0.693. The van der Waals surface area contributed by atoms with Gasteiger partial charge in [0, 0.05) is 25.6 Å². The van der Waals surface area contributed by atoms with Crippen LogP contribution in [0.3, 0.4) is 0 Å². The Bertz CT molecular complexity index is 639. The van der Waals surface area contributed by atoms with Gasteiger partial charge in [-0.15, -0.1) is 0 Å². The minimum absolute atomic E-state index is 0.0435. The van der Waals surface area contributed by atoms with Crippen molar-refractivity contribution in [3.8, 4) is 0 Å². The van der Waals surface area contributed by atoms with Gasteiger partial charge in [0.25, 0.3) is 0 Å². The van der Waals surface area contributed by atoms with E-state index in [-0.39, 0.29) is 5.97 Å². The molecule has 31 heavy (non-hydrogen) atoms. The number of nitrogens with two attached hydrogens (primary N) is 1. The summed E-state index contributed by atoms with van der Waals surface area (Å²) in [6.07, 6.45) is 14.2. The average molecular weight is 433 g/mol. The third-order valence-corrected chi connectivity index (χ3v) is 11.0. The van der Waals surface area contributed by atoms with Gasteiger partial charge in [0.2, 0.25) is 0 Å². The molecular weight excluding hydrogens is 384 g/mol. The summed E-state index contributed by atoms with van der Waals surface area (Å²) in [5, 5.41) is 3.72. The second-order valence-electron chi connectivity index (χ2n) is 12.2. The van der Waals surface area contributed by atoms with Crippen LogP contribution in [0.1, 0.15) is 91.4 Å². The van der Waals surface area contributed by atoms with E-state index in [1.807, 2.05) is 0 Å². The van der Waals surface area contributed by atoms with Gasteiger partial charge in [0.15, 0.2) is 0 Å². The van der Waals surface area contributed by atoms with E-state index < -0.39 is 0 Å². The molecule has 9 unspecified atom stereocenters. The highest BCUT2D eigenvalue weighted by Gasteiger charge is 2.60. The largest absolute Gasteiger partial charge is 0.469 e. The second kappa shape index (κ2) is 9.33. The number of ether oxygens (including phenoxy) is 1. The van der Waals surface area contributed by atoms with Gasteiger partial charge in [-0.05, 0) is 111 Å². The first-order valence-electron chi connectivity index (χ1n) is 13.3. The Balaban J connectivity index is 1.43. The molecule has 4 rings (SSSR count). The molecule has 0 radical (unpaired) electrons. The molecule has 4 saturated carbocycles. The number of methoxy groups -OCH3 is 1. The van der Waals surface area contributed by atoms with E-state index in [4.69, 9.17) is 10.5 Å². The maximum absolute atomic E-state index is 11.7. The average Bonchev–Trinajstić information content (AvgIpc) is 3.13. The number of hydrogen-bond acceptors (Lipinski definition) is 4. The molecule has 0 aromatic heterocycles. The molecule has 0 aromatic carbocycles. The number of fused-ring (bicyclic) bond motifs is 5. The topological polar surface area (TPSA) is 64.3 Å². The zero-order valence-electron chi connectivity index (χ0n) is 20.6. The van der Waals surface area contributed by atoms with Crippen LogP contribution in [0, 0.1) is 46.3 Å². The van der Waals surface area contributed by atoms with Crippen LogP contribution >= 0.6 is 0 Å². The predicted octanol–water partition coefficient (Wildman–Crippen LogP) is 5.15. The van der Waals surface area contributed by atoms with Crippen molar-refractivity contribution < 1.29 is 9.53 Å². The fraction of sp³-hybridized carbons (Fsp3) is 0.963. The highest BCUT2D eigenvalue weighted by molar-refractivity contribution is 5.69. The normalized spacial score (nSPS) is 45.3. The van der Waals surface area contributed by atoms with Crippen LogP contribution in [0.5, 0.6) is 0 Å². The summed E-state index contributed by atoms with van der Waals surface area (Å²) >= 11 is 0. The molecule has 0 bridgehead atoms. The molecule has 0 saturated heterocycles. The van der Waals surface area contributed by atoms with Crippen molar-refractivity contribution in [2.24, 2.45) is 52.1 Å². The lowest BCUT2D eigenvalue weighted by molar-refractivity contribution is -0.141. The zero-order valence-corrected chi connectivity index (χ0v) is 20.6. The van der Waals surface area contributed by atoms with Crippen LogP contribution in [-0.2, 0) is 9.53 Å². The van der Waals surface area contributed by atoms with Crippen molar-refractivity contribution in [1.82, 2.24) is 5.32 Å². The third kappa shape index (κ3) is 4.21. The molecule has 4 heteroatoms. The summed E-state index contributed by atoms with van der Waals surface area (Å²) in [4.78, 5) is 11.7. The van der Waals surface area contributed by atoms with Gasteiger partial charge in [-0.2, -0.15) is 0 Å². The maximum atomic E-state index is 11.7. The van der Waals surface area contributed by atoms with Crippen molar-refractivity contribution in [2.45, 2.75) is 97.4 Å². The van der Waals surface area contributed by atoms with Gasteiger partial charge >= 0.3 is 5.97 Å². The molecule has 0 amide bonds. The van der Waals surface area contributed by atoms with Crippen molar-refractivity contribution in [1.29, 1.82) is 0 Å². The Morgan fingerprint density at radius 3 is 2.55 bits per heavy atom. The Morgan fingerprint density at radius 1 is 1.06 bits per heavy atom. The quantitative estimate of drug-likeness (QED) is 0.546. The molecule has 4 aliphatic carbocycles. The molecule has 178 valence electrons. The third-order valence-electron chi connectivity index (χ3n) is 11.0. The highest BCUT2D eigenvalue weighted by atomic mass is 16.5. The van der Waals surface area contributed by atoms with Crippen LogP contribution in [-0.4, -0.2) is 32.2 Å². The zero-order chi connectivity index (χ0) is 22.2. The molecule has 0 heterocycles. The molecule has 4 nitrogen and oxygen atoms in total. The van der Waals surface area contributed by atoms with E-state index in [1.54, 1.807) is 0 Å². The molecule has 0 aromatic rings. The van der Waals surface area contributed by atoms with Crippen molar-refractivity contribution in [3.63, 3.8) is 0 Å². The lowest BCUT2D eigenvalue weighted by Gasteiger charge is -2.61. The molecule has 0 aliphatic heterocycles. The molecular formula is C27H48N2O2. The fourth-order valence-corrected chi connectivity index (χ4v) is 9.35. The smallest absolute Gasteiger partial charge is 0.305 e. The van der Waals surface area contributed by atoms with Crippen LogP contribution in [0.4, 0.5) is 0 Å². The van der Waals surface area contributed by atoms with E-state index in [0.29, 0.717) is 29.2 Å². The van der Waals surface area contributed by atoms with Gasteiger partial charge in [-0.25, -0.2) is 0 Å². The second-order valence-corrected chi connectivity index (χ2v) is 12.2.